The third kappa shape index (κ3) is 2.90. The molecule has 1 N–H and O–H groups in total. The number of methoxy groups -OCH3 is 1. The molecule has 0 amide bonds. The first-order valence-electron chi connectivity index (χ1n) is 7.06. The van der Waals surface area contributed by atoms with Crippen LogP contribution in [0.3, 0.4) is 0 Å². The van der Waals surface area contributed by atoms with E-state index in [0.29, 0.717) is 39.1 Å². The highest BCUT2D eigenvalue weighted by atomic mass is 35.5. The number of halogens is 1. The quantitative estimate of drug-likeness (QED) is 0.788. The Balaban J connectivity index is 2.11. The summed E-state index contributed by atoms with van der Waals surface area (Å²) >= 11 is 6.26. The van der Waals surface area contributed by atoms with Crippen LogP contribution in [0.2, 0.25) is 5.02 Å². The highest BCUT2D eigenvalue weighted by molar-refractivity contribution is 6.36. The number of rotatable bonds is 4. The van der Waals surface area contributed by atoms with Crippen molar-refractivity contribution in [1.29, 1.82) is 0 Å². The van der Waals surface area contributed by atoms with E-state index in [9.17, 15) is 5.11 Å². The van der Waals surface area contributed by atoms with E-state index in [0.717, 1.165) is 0 Å². The number of aromatic nitrogens is 2. The van der Waals surface area contributed by atoms with Gasteiger partial charge in [-0.2, -0.15) is 4.98 Å². The third-order valence-corrected chi connectivity index (χ3v) is 3.61. The predicted octanol–water partition coefficient (Wildman–Crippen LogP) is 3.45. The molecule has 0 saturated heterocycles. The summed E-state index contributed by atoms with van der Waals surface area (Å²) in [4.78, 5) is 8.73. The Kier molecular flexibility index (Phi) is 4.00. The van der Waals surface area contributed by atoms with E-state index in [1.807, 2.05) is 13.8 Å². The Labute approximate surface area is 138 Å². The smallest absolute Gasteiger partial charge is 0.295 e. The molecule has 0 aliphatic rings. The topological polar surface area (TPSA) is 83.2 Å². The Morgan fingerprint density at radius 3 is 2.74 bits per heavy atom. The lowest BCUT2D eigenvalue weighted by atomic mass is 10.1. The lowest BCUT2D eigenvalue weighted by Crippen LogP contribution is -2.09. The summed E-state index contributed by atoms with van der Waals surface area (Å²) in [5.41, 5.74) is 1.25. The van der Waals surface area contributed by atoms with Crippen molar-refractivity contribution >= 4 is 28.5 Å². The van der Waals surface area contributed by atoms with Gasteiger partial charge in [-0.15, -0.1) is 0 Å². The Morgan fingerprint density at radius 1 is 1.26 bits per heavy atom. The van der Waals surface area contributed by atoms with E-state index in [-0.39, 0.29) is 11.8 Å². The molecule has 0 saturated carbocycles. The van der Waals surface area contributed by atoms with Crippen LogP contribution < -0.4 is 15.2 Å². The first-order valence-corrected chi connectivity index (χ1v) is 7.44. The molecule has 0 aliphatic carbocycles. The van der Waals surface area contributed by atoms with Crippen LogP contribution in [0, 0.1) is 0 Å². The lowest BCUT2D eigenvalue weighted by molar-refractivity contribution is -0.265. The molecule has 2 heterocycles. The van der Waals surface area contributed by atoms with Crippen LogP contribution in [0.25, 0.3) is 22.3 Å². The van der Waals surface area contributed by atoms with E-state index in [4.69, 9.17) is 20.8 Å². The maximum absolute atomic E-state index is 12.3. The molecule has 0 radical (unpaired) electrons. The van der Waals surface area contributed by atoms with Crippen LogP contribution in [0.4, 0.5) is 6.01 Å². The van der Waals surface area contributed by atoms with E-state index in [2.05, 4.69) is 15.3 Å². The molecule has 7 heteroatoms. The molecule has 6 nitrogen and oxygen atoms in total. The van der Waals surface area contributed by atoms with Gasteiger partial charge in [0.05, 0.1) is 18.3 Å². The first kappa shape index (κ1) is 15.4. The highest BCUT2D eigenvalue weighted by Gasteiger charge is 2.13. The maximum atomic E-state index is 12.3. The number of hydrogen-bond acceptors (Lipinski definition) is 6. The predicted molar refractivity (Wildman–Crippen MR) is 87.0 cm³/mol. The van der Waals surface area contributed by atoms with Crippen molar-refractivity contribution in [2.75, 3.05) is 12.4 Å². The average Bonchev–Trinajstić information content (AvgIpc) is 2.96. The summed E-state index contributed by atoms with van der Waals surface area (Å²) in [5.74, 6) is 0.279. The van der Waals surface area contributed by atoms with Gasteiger partial charge < -0.3 is 19.6 Å². The van der Waals surface area contributed by atoms with Crippen LogP contribution in [0.15, 0.2) is 28.9 Å². The zero-order chi connectivity index (χ0) is 16.6. The number of nitrogens with zero attached hydrogens (tertiary/aromatic N) is 2. The fourth-order valence-corrected chi connectivity index (χ4v) is 2.49. The number of benzene rings is 1. The molecule has 1 aromatic carbocycles. The van der Waals surface area contributed by atoms with Crippen LogP contribution in [-0.4, -0.2) is 23.1 Å². The standard InChI is InChI=1S/C16H16ClN3O3/c1-8(2)18-16-20-11(7-23-16)10-6-12(21)9-4-5-13(22-3)14(17)15(9)19-10/h4-8H,1-3H3,(H,18,20)(H,19,21)/p-1. The monoisotopic (exact) mass is 332 g/mol. The van der Waals surface area contributed by atoms with Gasteiger partial charge in [0.25, 0.3) is 6.01 Å². The van der Waals surface area contributed by atoms with Crippen molar-refractivity contribution in [1.82, 2.24) is 9.97 Å². The second kappa shape index (κ2) is 5.96. The maximum Gasteiger partial charge on any atom is 0.295 e. The van der Waals surface area contributed by atoms with Gasteiger partial charge in [0, 0.05) is 6.04 Å². The van der Waals surface area contributed by atoms with Gasteiger partial charge in [-0.1, -0.05) is 17.4 Å². The number of fused-ring (bicyclic) bond motifs is 1. The Bertz CT molecular complexity index is 861. The molecular weight excluding hydrogens is 318 g/mol. The number of anilines is 1. The van der Waals surface area contributed by atoms with Gasteiger partial charge in [0.1, 0.15) is 22.7 Å². The van der Waals surface area contributed by atoms with Gasteiger partial charge in [0.15, 0.2) is 0 Å². The van der Waals surface area contributed by atoms with E-state index in [1.165, 1.54) is 19.4 Å². The fraction of sp³-hybridized carbons (Fsp3) is 0.250. The second-order valence-electron chi connectivity index (χ2n) is 5.32. The molecule has 0 unspecified atom stereocenters. The number of hydrogen-bond donors (Lipinski definition) is 1. The van der Waals surface area contributed by atoms with E-state index >= 15 is 0 Å². The third-order valence-electron chi connectivity index (χ3n) is 3.24. The van der Waals surface area contributed by atoms with Crippen molar-refractivity contribution in [3.8, 4) is 22.9 Å². The van der Waals surface area contributed by atoms with E-state index in [1.54, 1.807) is 12.1 Å². The summed E-state index contributed by atoms with van der Waals surface area (Å²) in [6.45, 7) is 3.94. The first-order chi connectivity index (χ1) is 11.0. The summed E-state index contributed by atoms with van der Waals surface area (Å²) < 4.78 is 10.5. The highest BCUT2D eigenvalue weighted by Crippen LogP contribution is 2.36. The minimum atomic E-state index is -0.184. The molecule has 0 aliphatic heterocycles. The van der Waals surface area contributed by atoms with Crippen LogP contribution >= 0.6 is 11.6 Å². The van der Waals surface area contributed by atoms with Gasteiger partial charge >= 0.3 is 0 Å². The second-order valence-corrected chi connectivity index (χ2v) is 5.70. The summed E-state index contributed by atoms with van der Waals surface area (Å²) in [6, 6.07) is 5.27. The molecule has 2 aromatic heterocycles. The molecule has 0 spiro atoms. The van der Waals surface area contributed by atoms with Crippen LogP contribution in [0.1, 0.15) is 13.8 Å². The minimum Gasteiger partial charge on any atom is -0.872 e. The summed E-state index contributed by atoms with van der Waals surface area (Å²) in [6.07, 6.45) is 1.45. The normalized spacial score (nSPS) is 11.2. The van der Waals surface area contributed by atoms with Gasteiger partial charge in [-0.25, -0.2) is 4.98 Å². The van der Waals surface area contributed by atoms with Crippen molar-refractivity contribution in [3.63, 3.8) is 0 Å². The minimum absolute atomic E-state index is 0.180. The number of oxazole rings is 1. The summed E-state index contributed by atoms with van der Waals surface area (Å²) in [5, 5.41) is 16.1. The Hall–Kier alpha value is -2.47. The van der Waals surface area contributed by atoms with Crippen molar-refractivity contribution in [2.24, 2.45) is 0 Å². The van der Waals surface area contributed by atoms with Gasteiger partial charge in [-0.3, -0.25) is 0 Å². The molecule has 0 fully saturated rings. The summed E-state index contributed by atoms with van der Waals surface area (Å²) in [7, 11) is 1.51. The van der Waals surface area contributed by atoms with E-state index < -0.39 is 0 Å². The van der Waals surface area contributed by atoms with Crippen molar-refractivity contribution < 1.29 is 14.3 Å². The largest absolute Gasteiger partial charge is 0.872 e. The average molecular weight is 333 g/mol. The van der Waals surface area contributed by atoms with Crippen molar-refractivity contribution in [2.45, 2.75) is 19.9 Å². The molecule has 23 heavy (non-hydrogen) atoms. The molecule has 3 aromatic rings. The van der Waals surface area contributed by atoms with Crippen LogP contribution in [-0.2, 0) is 0 Å². The zero-order valence-electron chi connectivity index (χ0n) is 12.9. The lowest BCUT2D eigenvalue weighted by Gasteiger charge is -2.14. The zero-order valence-corrected chi connectivity index (χ0v) is 13.6. The Morgan fingerprint density at radius 2 is 2.04 bits per heavy atom. The number of ether oxygens (including phenoxy) is 1. The SMILES string of the molecule is COc1ccc2c([O-])cc(-c3coc(NC(C)C)n3)nc2c1Cl. The fourth-order valence-electron chi connectivity index (χ4n) is 2.20. The molecular formula is C16H15ClN3O3-. The molecule has 0 atom stereocenters. The molecule has 3 rings (SSSR count). The number of pyridine rings is 1. The van der Waals surface area contributed by atoms with Crippen molar-refractivity contribution in [3.05, 3.63) is 29.5 Å². The van der Waals surface area contributed by atoms with Crippen LogP contribution in [0.5, 0.6) is 11.5 Å². The van der Waals surface area contributed by atoms with Gasteiger partial charge in [-0.05, 0) is 37.4 Å². The number of nitrogens with one attached hydrogen (secondary N) is 1. The molecule has 0 bridgehead atoms. The molecule has 120 valence electrons. The van der Waals surface area contributed by atoms with Gasteiger partial charge in [0.2, 0.25) is 0 Å².